The molecular weight excluding hydrogens is 410 g/mol. The number of nitrogens with zero attached hydrogens (tertiary/aromatic N) is 5. The lowest BCUT2D eigenvalue weighted by Crippen LogP contribution is -2.05. The van der Waals surface area contributed by atoms with E-state index in [0.29, 0.717) is 22.3 Å². The molecule has 0 unspecified atom stereocenters. The molecule has 30 heavy (non-hydrogen) atoms. The molecule has 0 amide bonds. The van der Waals surface area contributed by atoms with Crippen LogP contribution in [0.25, 0.3) is 0 Å². The van der Waals surface area contributed by atoms with Crippen molar-refractivity contribution in [3.05, 3.63) is 64.0 Å². The Bertz CT molecular complexity index is 1050. The fourth-order valence-electron chi connectivity index (χ4n) is 2.51. The van der Waals surface area contributed by atoms with E-state index in [2.05, 4.69) is 15.3 Å². The zero-order valence-electron chi connectivity index (χ0n) is 16.3. The fourth-order valence-corrected chi connectivity index (χ4v) is 2.96. The number of nitro benzene ring substituents is 1. The van der Waals surface area contributed by atoms with Crippen LogP contribution in [0, 0.1) is 10.1 Å². The molecule has 0 aliphatic rings. The van der Waals surface area contributed by atoms with Crippen molar-refractivity contribution in [2.75, 3.05) is 12.9 Å². The molecule has 3 rings (SSSR count). The highest BCUT2D eigenvalue weighted by Gasteiger charge is 2.20. The maximum absolute atomic E-state index is 11.2. The highest BCUT2D eigenvalue weighted by atomic mass is 32.2. The molecule has 1 aromatic heterocycles. The molecule has 0 aliphatic carbocycles. The lowest BCUT2D eigenvalue weighted by Gasteiger charge is -2.08. The minimum atomic E-state index is -0.680. The first-order valence-corrected chi connectivity index (χ1v) is 10.1. The van der Waals surface area contributed by atoms with Gasteiger partial charge < -0.3 is 14.6 Å². The third-order valence-corrected chi connectivity index (χ3v) is 4.49. The summed E-state index contributed by atoms with van der Waals surface area (Å²) in [6.07, 6.45) is 3.24. The van der Waals surface area contributed by atoms with E-state index in [4.69, 9.17) is 9.47 Å². The summed E-state index contributed by atoms with van der Waals surface area (Å²) in [6.45, 7) is 2.09. The average Bonchev–Trinajstić information content (AvgIpc) is 3.15. The van der Waals surface area contributed by atoms with Crippen LogP contribution in [0.15, 0.2) is 52.7 Å². The Morgan fingerprint density at radius 2 is 2.03 bits per heavy atom. The van der Waals surface area contributed by atoms with Gasteiger partial charge in [0.1, 0.15) is 12.4 Å². The van der Waals surface area contributed by atoms with Crippen molar-refractivity contribution in [3.63, 3.8) is 0 Å². The highest BCUT2D eigenvalue weighted by molar-refractivity contribution is 7.98. The number of rotatable bonds is 9. The predicted molar refractivity (Wildman–Crippen MR) is 111 cm³/mol. The smallest absolute Gasteiger partial charge is 0.315 e. The van der Waals surface area contributed by atoms with Crippen molar-refractivity contribution in [2.24, 2.45) is 5.10 Å². The highest BCUT2D eigenvalue weighted by Crippen LogP contribution is 2.36. The third kappa shape index (κ3) is 4.87. The van der Waals surface area contributed by atoms with E-state index in [0.717, 1.165) is 0 Å². The number of aromatic nitrogens is 3. The van der Waals surface area contributed by atoms with Crippen molar-refractivity contribution < 1.29 is 19.5 Å². The molecule has 1 N–H and O–H groups in total. The molecule has 156 valence electrons. The van der Waals surface area contributed by atoms with Gasteiger partial charge in [-0.05, 0) is 31.4 Å². The van der Waals surface area contributed by atoms with Crippen molar-refractivity contribution >= 4 is 23.7 Å². The molecule has 1 heterocycles. The predicted octanol–water partition coefficient (Wildman–Crippen LogP) is 3.47. The monoisotopic (exact) mass is 429 g/mol. The Hall–Kier alpha value is -3.60. The molecule has 0 aliphatic heterocycles. The summed E-state index contributed by atoms with van der Waals surface area (Å²) in [4.78, 5) is 10.6. The van der Waals surface area contributed by atoms with Gasteiger partial charge in [-0.25, -0.2) is 0 Å². The second-order valence-electron chi connectivity index (χ2n) is 5.84. The first-order valence-electron chi connectivity index (χ1n) is 8.88. The first kappa shape index (κ1) is 21.1. The van der Waals surface area contributed by atoms with Crippen LogP contribution in [0.4, 0.5) is 5.69 Å². The van der Waals surface area contributed by atoms with Gasteiger partial charge in [0, 0.05) is 11.6 Å². The van der Waals surface area contributed by atoms with E-state index in [1.165, 1.54) is 34.8 Å². The summed E-state index contributed by atoms with van der Waals surface area (Å²) in [5.74, 6) is 0.620. The number of benzene rings is 2. The second kappa shape index (κ2) is 9.74. The Morgan fingerprint density at radius 1 is 1.27 bits per heavy atom. The molecule has 0 fully saturated rings. The molecule has 0 spiro atoms. The van der Waals surface area contributed by atoms with Crippen LogP contribution in [0.3, 0.4) is 0 Å². The first-order chi connectivity index (χ1) is 14.5. The molecule has 0 atom stereocenters. The van der Waals surface area contributed by atoms with Crippen LogP contribution in [0.1, 0.15) is 18.3 Å². The quantitative estimate of drug-likeness (QED) is 0.237. The van der Waals surface area contributed by atoms with Gasteiger partial charge in [0.2, 0.25) is 10.9 Å². The van der Waals surface area contributed by atoms with Crippen molar-refractivity contribution in [3.8, 4) is 17.2 Å². The summed E-state index contributed by atoms with van der Waals surface area (Å²) in [6, 6.07) is 11.9. The molecule has 11 heteroatoms. The van der Waals surface area contributed by atoms with Gasteiger partial charge in [-0.1, -0.05) is 30.0 Å². The third-order valence-electron chi connectivity index (χ3n) is 3.87. The van der Waals surface area contributed by atoms with Gasteiger partial charge in [0.25, 0.3) is 0 Å². The van der Waals surface area contributed by atoms with Crippen LogP contribution in [0.2, 0.25) is 0 Å². The molecule has 3 aromatic rings. The molecular formula is C19H19N5O5S. The SMILES string of the molecule is CCOc1cc(/C=N\n2c(COc3ccccc3)nnc2SC)cc([N+](=O)[O-])c1O. The second-order valence-corrected chi connectivity index (χ2v) is 6.61. The number of para-hydroxylation sites is 1. The summed E-state index contributed by atoms with van der Waals surface area (Å²) >= 11 is 1.34. The van der Waals surface area contributed by atoms with Crippen LogP contribution in [-0.2, 0) is 6.61 Å². The maximum Gasteiger partial charge on any atom is 0.315 e. The standard InChI is InChI=1S/C19H19N5O5S/c1-3-28-16-10-13(9-15(18(16)25)24(26)27)11-20-23-17(21-22-19(23)30-2)12-29-14-7-5-4-6-8-14/h4-11,25H,3,12H2,1-2H3/b20-11-. The number of phenols is 1. The van der Waals surface area contributed by atoms with Gasteiger partial charge in [-0.15, -0.1) is 10.2 Å². The normalized spacial score (nSPS) is 11.0. The fraction of sp³-hybridized carbons (Fsp3) is 0.211. The zero-order chi connectivity index (χ0) is 21.5. The molecule has 0 saturated heterocycles. The van der Waals surface area contributed by atoms with E-state index in [1.807, 2.05) is 36.6 Å². The molecule has 0 bridgehead atoms. The number of nitro groups is 1. The Morgan fingerprint density at radius 3 is 2.70 bits per heavy atom. The van der Waals surface area contributed by atoms with E-state index in [1.54, 1.807) is 6.92 Å². The van der Waals surface area contributed by atoms with E-state index >= 15 is 0 Å². The number of phenolic OH excluding ortho intramolecular Hbond substituents is 1. The van der Waals surface area contributed by atoms with Gasteiger partial charge in [-0.2, -0.15) is 9.78 Å². The van der Waals surface area contributed by atoms with Crippen LogP contribution in [0.5, 0.6) is 17.2 Å². The van der Waals surface area contributed by atoms with Crippen LogP contribution >= 0.6 is 11.8 Å². The number of hydrogen-bond donors (Lipinski definition) is 1. The van der Waals surface area contributed by atoms with Gasteiger partial charge >= 0.3 is 5.69 Å². The van der Waals surface area contributed by atoms with Crippen molar-refractivity contribution in [1.29, 1.82) is 0 Å². The average molecular weight is 429 g/mol. The molecule has 0 radical (unpaired) electrons. The topological polar surface area (TPSA) is 125 Å². The number of ether oxygens (including phenoxy) is 2. The Kier molecular flexibility index (Phi) is 6.86. The lowest BCUT2D eigenvalue weighted by molar-refractivity contribution is -0.386. The minimum absolute atomic E-state index is 0.00892. The van der Waals surface area contributed by atoms with Gasteiger partial charge in [0.05, 0.1) is 17.7 Å². The van der Waals surface area contributed by atoms with Crippen LogP contribution < -0.4 is 9.47 Å². The van der Waals surface area contributed by atoms with Gasteiger partial charge in [0.15, 0.2) is 11.6 Å². The summed E-state index contributed by atoms with van der Waals surface area (Å²) < 4.78 is 12.5. The van der Waals surface area contributed by atoms with E-state index in [9.17, 15) is 15.2 Å². The van der Waals surface area contributed by atoms with Crippen LogP contribution in [-0.4, -0.2) is 44.0 Å². The van der Waals surface area contributed by atoms with Gasteiger partial charge in [-0.3, -0.25) is 10.1 Å². The number of hydrogen-bond acceptors (Lipinski definition) is 9. The number of aromatic hydroxyl groups is 1. The van der Waals surface area contributed by atoms with Crippen molar-refractivity contribution in [1.82, 2.24) is 14.9 Å². The van der Waals surface area contributed by atoms with E-state index < -0.39 is 16.4 Å². The Balaban J connectivity index is 1.90. The maximum atomic E-state index is 11.2. The summed E-state index contributed by atoms with van der Waals surface area (Å²) in [5, 5.41) is 34.3. The molecule has 2 aromatic carbocycles. The molecule has 0 saturated carbocycles. The van der Waals surface area contributed by atoms with Crippen molar-refractivity contribution in [2.45, 2.75) is 18.7 Å². The minimum Gasteiger partial charge on any atom is -0.500 e. The summed E-state index contributed by atoms with van der Waals surface area (Å²) in [7, 11) is 0. The zero-order valence-corrected chi connectivity index (χ0v) is 17.1. The van der Waals surface area contributed by atoms with E-state index in [-0.39, 0.29) is 19.0 Å². The number of thioether (sulfide) groups is 1. The lowest BCUT2D eigenvalue weighted by atomic mass is 10.2. The largest absolute Gasteiger partial charge is 0.500 e. The summed E-state index contributed by atoms with van der Waals surface area (Å²) in [5.41, 5.74) is -0.0949. The molecule has 10 nitrogen and oxygen atoms in total. The Labute approximate surface area is 176 Å².